The number of nitrogens with one attached hydrogen (secondary N) is 1. The van der Waals surface area contributed by atoms with Crippen LogP contribution >= 0.6 is 0 Å². The standard InChI is InChI=1S/C13H17NO4/c1-17-10-3-8(4-11(6-10)18-2)12-5-9(7-14-12)13(15)16/h3-4,6,9,12,14H,5,7H2,1-2H3,(H,15,16). The van der Waals surface area contributed by atoms with Gasteiger partial charge in [-0.05, 0) is 24.1 Å². The molecule has 0 saturated carbocycles. The summed E-state index contributed by atoms with van der Waals surface area (Å²) >= 11 is 0. The lowest BCUT2D eigenvalue weighted by Gasteiger charge is -2.14. The second kappa shape index (κ2) is 5.27. The van der Waals surface area contributed by atoms with E-state index in [1.165, 1.54) is 0 Å². The van der Waals surface area contributed by atoms with Gasteiger partial charge in [0.2, 0.25) is 0 Å². The molecular formula is C13H17NO4. The molecular weight excluding hydrogens is 234 g/mol. The van der Waals surface area contributed by atoms with E-state index in [0.29, 0.717) is 24.5 Å². The minimum atomic E-state index is -0.750. The molecule has 2 atom stereocenters. The Labute approximate surface area is 106 Å². The Morgan fingerprint density at radius 3 is 2.33 bits per heavy atom. The molecule has 5 nitrogen and oxygen atoms in total. The molecule has 1 aromatic rings. The van der Waals surface area contributed by atoms with Crippen LogP contribution in [0, 0.1) is 5.92 Å². The zero-order valence-electron chi connectivity index (χ0n) is 10.5. The second-order valence-corrected chi connectivity index (χ2v) is 4.38. The van der Waals surface area contributed by atoms with Gasteiger partial charge >= 0.3 is 5.97 Å². The van der Waals surface area contributed by atoms with Crippen molar-refractivity contribution in [3.8, 4) is 11.5 Å². The van der Waals surface area contributed by atoms with Gasteiger partial charge in [0, 0.05) is 18.7 Å². The number of methoxy groups -OCH3 is 2. The van der Waals surface area contributed by atoms with Gasteiger partial charge in [-0.1, -0.05) is 0 Å². The van der Waals surface area contributed by atoms with E-state index in [0.717, 1.165) is 5.56 Å². The third kappa shape index (κ3) is 2.56. The third-order valence-electron chi connectivity index (χ3n) is 3.26. The first kappa shape index (κ1) is 12.7. The van der Waals surface area contributed by atoms with Crippen LogP contribution in [0.15, 0.2) is 18.2 Å². The number of carboxylic acids is 1. The molecule has 98 valence electrons. The van der Waals surface area contributed by atoms with E-state index >= 15 is 0 Å². The van der Waals surface area contributed by atoms with Crippen molar-refractivity contribution in [2.45, 2.75) is 12.5 Å². The highest BCUT2D eigenvalue weighted by Crippen LogP contribution is 2.32. The van der Waals surface area contributed by atoms with Crippen molar-refractivity contribution in [1.82, 2.24) is 5.32 Å². The van der Waals surface area contributed by atoms with Crippen LogP contribution in [0.1, 0.15) is 18.0 Å². The maximum Gasteiger partial charge on any atom is 0.307 e. The Balaban J connectivity index is 2.20. The molecule has 18 heavy (non-hydrogen) atoms. The minimum Gasteiger partial charge on any atom is -0.497 e. The first-order valence-corrected chi connectivity index (χ1v) is 5.83. The van der Waals surface area contributed by atoms with Crippen LogP contribution in [0.25, 0.3) is 0 Å². The molecule has 0 spiro atoms. The number of hydrogen-bond donors (Lipinski definition) is 2. The Kier molecular flexibility index (Phi) is 3.72. The lowest BCUT2D eigenvalue weighted by atomic mass is 10.00. The van der Waals surface area contributed by atoms with E-state index in [1.807, 2.05) is 12.1 Å². The van der Waals surface area contributed by atoms with Crippen LogP contribution in [0.4, 0.5) is 0 Å². The Hall–Kier alpha value is -1.75. The number of benzene rings is 1. The highest BCUT2D eigenvalue weighted by Gasteiger charge is 2.30. The monoisotopic (exact) mass is 251 g/mol. The molecule has 5 heteroatoms. The molecule has 1 saturated heterocycles. The highest BCUT2D eigenvalue weighted by molar-refractivity contribution is 5.70. The quantitative estimate of drug-likeness (QED) is 0.847. The molecule has 0 radical (unpaired) electrons. The molecule has 0 aliphatic carbocycles. The van der Waals surface area contributed by atoms with Crippen molar-refractivity contribution in [2.24, 2.45) is 5.92 Å². The number of carboxylic acid groups (broad SMARTS) is 1. The van der Waals surface area contributed by atoms with Crippen molar-refractivity contribution in [3.05, 3.63) is 23.8 Å². The van der Waals surface area contributed by atoms with Crippen molar-refractivity contribution in [1.29, 1.82) is 0 Å². The van der Waals surface area contributed by atoms with Crippen molar-refractivity contribution < 1.29 is 19.4 Å². The molecule has 0 aromatic heterocycles. The summed E-state index contributed by atoms with van der Waals surface area (Å²) in [6.45, 7) is 0.500. The maximum absolute atomic E-state index is 10.9. The second-order valence-electron chi connectivity index (χ2n) is 4.38. The van der Waals surface area contributed by atoms with Crippen LogP contribution in [0.5, 0.6) is 11.5 Å². The van der Waals surface area contributed by atoms with Gasteiger partial charge in [0.25, 0.3) is 0 Å². The highest BCUT2D eigenvalue weighted by atomic mass is 16.5. The van der Waals surface area contributed by atoms with Crippen LogP contribution < -0.4 is 14.8 Å². The first-order chi connectivity index (χ1) is 8.63. The summed E-state index contributed by atoms with van der Waals surface area (Å²) in [6, 6.07) is 5.65. The zero-order valence-corrected chi connectivity index (χ0v) is 10.5. The van der Waals surface area contributed by atoms with E-state index < -0.39 is 5.97 Å². The molecule has 2 unspecified atom stereocenters. The van der Waals surface area contributed by atoms with Crippen LogP contribution in [-0.4, -0.2) is 31.8 Å². The SMILES string of the molecule is COc1cc(OC)cc(C2CC(C(=O)O)CN2)c1. The topological polar surface area (TPSA) is 67.8 Å². The van der Waals surface area contributed by atoms with Crippen LogP contribution in [0.2, 0.25) is 0 Å². The molecule has 0 amide bonds. The van der Waals surface area contributed by atoms with Gasteiger partial charge < -0.3 is 19.9 Å². The zero-order chi connectivity index (χ0) is 13.1. The Bertz CT molecular complexity index is 424. The van der Waals surface area contributed by atoms with Gasteiger partial charge in [-0.2, -0.15) is 0 Å². The van der Waals surface area contributed by atoms with Gasteiger partial charge in [0.15, 0.2) is 0 Å². The van der Waals surface area contributed by atoms with Crippen LogP contribution in [-0.2, 0) is 4.79 Å². The minimum absolute atomic E-state index is 0.0371. The fraction of sp³-hybridized carbons (Fsp3) is 0.462. The van der Waals surface area contributed by atoms with Crippen LogP contribution in [0.3, 0.4) is 0 Å². The third-order valence-corrected chi connectivity index (χ3v) is 3.26. The Morgan fingerprint density at radius 2 is 1.89 bits per heavy atom. The number of ether oxygens (including phenoxy) is 2. The van der Waals surface area contributed by atoms with E-state index in [4.69, 9.17) is 14.6 Å². The average molecular weight is 251 g/mol. The molecule has 1 aliphatic rings. The summed E-state index contributed by atoms with van der Waals surface area (Å²) in [7, 11) is 3.20. The normalized spacial score (nSPS) is 22.8. The van der Waals surface area contributed by atoms with Gasteiger partial charge in [-0.25, -0.2) is 0 Å². The molecule has 2 N–H and O–H groups in total. The molecule has 2 rings (SSSR count). The van der Waals surface area contributed by atoms with E-state index in [1.54, 1.807) is 20.3 Å². The number of carbonyl (C=O) groups is 1. The van der Waals surface area contributed by atoms with E-state index in [9.17, 15) is 4.79 Å². The fourth-order valence-electron chi connectivity index (χ4n) is 2.21. The number of hydrogen-bond acceptors (Lipinski definition) is 4. The first-order valence-electron chi connectivity index (χ1n) is 5.83. The summed E-state index contributed by atoms with van der Waals surface area (Å²) < 4.78 is 10.4. The summed E-state index contributed by atoms with van der Waals surface area (Å²) in [5, 5.41) is 12.2. The largest absolute Gasteiger partial charge is 0.497 e. The van der Waals surface area contributed by atoms with Crippen molar-refractivity contribution in [2.75, 3.05) is 20.8 Å². The predicted molar refractivity (Wildman–Crippen MR) is 66.0 cm³/mol. The molecule has 1 aliphatic heterocycles. The lowest BCUT2D eigenvalue weighted by Crippen LogP contribution is -2.17. The summed E-state index contributed by atoms with van der Waals surface area (Å²) in [5.41, 5.74) is 0.995. The predicted octanol–water partition coefficient (Wildman–Crippen LogP) is 1.44. The van der Waals surface area contributed by atoms with E-state index in [-0.39, 0.29) is 12.0 Å². The fourth-order valence-corrected chi connectivity index (χ4v) is 2.21. The maximum atomic E-state index is 10.9. The molecule has 1 fully saturated rings. The smallest absolute Gasteiger partial charge is 0.307 e. The molecule has 0 bridgehead atoms. The number of aliphatic carboxylic acids is 1. The summed E-state index contributed by atoms with van der Waals surface area (Å²) in [5.74, 6) is 0.349. The van der Waals surface area contributed by atoms with Gasteiger partial charge in [-0.3, -0.25) is 4.79 Å². The summed E-state index contributed by atoms with van der Waals surface area (Å²) in [4.78, 5) is 10.9. The summed E-state index contributed by atoms with van der Waals surface area (Å²) in [6.07, 6.45) is 0.589. The van der Waals surface area contributed by atoms with Crippen molar-refractivity contribution in [3.63, 3.8) is 0 Å². The van der Waals surface area contributed by atoms with Gasteiger partial charge in [-0.15, -0.1) is 0 Å². The van der Waals surface area contributed by atoms with Gasteiger partial charge in [0.05, 0.1) is 20.1 Å². The average Bonchev–Trinajstić information content (AvgIpc) is 2.87. The van der Waals surface area contributed by atoms with E-state index in [2.05, 4.69) is 5.32 Å². The molecule has 1 aromatic carbocycles. The number of rotatable bonds is 4. The lowest BCUT2D eigenvalue weighted by molar-refractivity contribution is -0.141. The van der Waals surface area contributed by atoms with Gasteiger partial charge in [0.1, 0.15) is 11.5 Å². The molecule has 1 heterocycles. The Morgan fingerprint density at radius 1 is 1.28 bits per heavy atom. The van der Waals surface area contributed by atoms with Crippen molar-refractivity contribution >= 4 is 5.97 Å².